The van der Waals surface area contributed by atoms with Crippen LogP contribution in [0.15, 0.2) is 55.1 Å². The van der Waals surface area contributed by atoms with Crippen LogP contribution in [0, 0.1) is 11.8 Å². The number of rotatable bonds is 4. The van der Waals surface area contributed by atoms with Crippen LogP contribution in [0.2, 0.25) is 0 Å². The summed E-state index contributed by atoms with van der Waals surface area (Å²) in [5.41, 5.74) is 3.48. The molecule has 3 nitrogen and oxygen atoms in total. The summed E-state index contributed by atoms with van der Waals surface area (Å²) >= 11 is 0. The van der Waals surface area contributed by atoms with E-state index < -0.39 is 0 Å². The quantitative estimate of drug-likeness (QED) is 0.627. The van der Waals surface area contributed by atoms with Crippen LogP contribution in [0.1, 0.15) is 22.7 Å². The van der Waals surface area contributed by atoms with Crippen molar-refractivity contribution in [3.8, 4) is 23.3 Å². The van der Waals surface area contributed by atoms with Gasteiger partial charge in [0.1, 0.15) is 0 Å². The molecule has 0 aromatic heterocycles. The third kappa shape index (κ3) is 3.70. The highest BCUT2D eigenvalue weighted by Crippen LogP contribution is 2.37. The van der Waals surface area contributed by atoms with Crippen molar-refractivity contribution in [3.63, 3.8) is 0 Å². The molecular formula is C22H23NO2. The van der Waals surface area contributed by atoms with Gasteiger partial charge >= 0.3 is 0 Å². The molecule has 0 bridgehead atoms. The first-order chi connectivity index (χ1) is 12.3. The Morgan fingerprint density at radius 3 is 2.56 bits per heavy atom. The molecule has 3 heteroatoms. The summed E-state index contributed by atoms with van der Waals surface area (Å²) in [6.07, 6.45) is 2.90. The first kappa shape index (κ1) is 17.1. The summed E-state index contributed by atoms with van der Waals surface area (Å²) in [7, 11) is 3.34. The van der Waals surface area contributed by atoms with Gasteiger partial charge in [-0.2, -0.15) is 0 Å². The standard InChI is InChI=1S/C22H23NO2/c1-4-13-23-14-12-18-15-21(24-2)22(25-3)16-19(18)20(23)11-10-17-8-6-5-7-9-17/h4-9,15-16,20H,1,12-14H2,2-3H3. The molecule has 3 rings (SSSR count). The maximum atomic E-state index is 5.50. The maximum Gasteiger partial charge on any atom is 0.161 e. The molecule has 1 atom stereocenters. The Morgan fingerprint density at radius 1 is 1.16 bits per heavy atom. The highest BCUT2D eigenvalue weighted by Gasteiger charge is 2.27. The highest BCUT2D eigenvalue weighted by molar-refractivity contribution is 5.51. The van der Waals surface area contributed by atoms with Crippen molar-refractivity contribution in [1.29, 1.82) is 0 Å². The van der Waals surface area contributed by atoms with E-state index in [0.29, 0.717) is 0 Å². The molecule has 0 amide bonds. The van der Waals surface area contributed by atoms with E-state index in [1.807, 2.05) is 36.4 Å². The molecule has 128 valence electrons. The Hall–Kier alpha value is -2.70. The average Bonchev–Trinajstić information content (AvgIpc) is 2.66. The van der Waals surface area contributed by atoms with Gasteiger partial charge in [0.05, 0.1) is 20.3 Å². The molecule has 0 saturated carbocycles. The zero-order valence-corrected chi connectivity index (χ0v) is 14.8. The smallest absolute Gasteiger partial charge is 0.161 e. The number of ether oxygens (including phenoxy) is 2. The average molecular weight is 333 g/mol. The summed E-state index contributed by atoms with van der Waals surface area (Å²) in [6.45, 7) is 5.64. The van der Waals surface area contributed by atoms with Gasteiger partial charge in [0.15, 0.2) is 11.5 Å². The van der Waals surface area contributed by atoms with Crippen molar-refractivity contribution in [2.75, 3.05) is 27.3 Å². The van der Waals surface area contributed by atoms with Gasteiger partial charge in [-0.3, -0.25) is 4.90 Å². The van der Waals surface area contributed by atoms with Crippen molar-refractivity contribution in [2.45, 2.75) is 12.5 Å². The number of nitrogens with zero attached hydrogens (tertiary/aromatic N) is 1. The molecule has 2 aromatic carbocycles. The monoisotopic (exact) mass is 333 g/mol. The van der Waals surface area contributed by atoms with Crippen LogP contribution >= 0.6 is 0 Å². The Morgan fingerprint density at radius 2 is 1.88 bits per heavy atom. The molecule has 0 radical (unpaired) electrons. The van der Waals surface area contributed by atoms with Crippen molar-refractivity contribution >= 4 is 0 Å². The van der Waals surface area contributed by atoms with Crippen molar-refractivity contribution in [2.24, 2.45) is 0 Å². The molecule has 0 spiro atoms. The molecule has 1 heterocycles. The normalized spacial score (nSPS) is 16.3. The molecule has 0 N–H and O–H groups in total. The second-order valence-corrected chi connectivity index (χ2v) is 5.98. The van der Waals surface area contributed by atoms with Crippen LogP contribution in [-0.4, -0.2) is 32.2 Å². The minimum Gasteiger partial charge on any atom is -0.493 e. The van der Waals surface area contributed by atoms with Crippen LogP contribution in [0.25, 0.3) is 0 Å². The third-order valence-electron chi connectivity index (χ3n) is 4.46. The van der Waals surface area contributed by atoms with Gasteiger partial charge in [-0.15, -0.1) is 6.58 Å². The van der Waals surface area contributed by atoms with Crippen LogP contribution in [0.5, 0.6) is 11.5 Å². The molecule has 25 heavy (non-hydrogen) atoms. The first-order valence-electron chi connectivity index (χ1n) is 8.43. The summed E-state index contributed by atoms with van der Waals surface area (Å²) in [6, 6.07) is 14.2. The van der Waals surface area contributed by atoms with Gasteiger partial charge in [-0.1, -0.05) is 36.1 Å². The Balaban J connectivity index is 2.04. The van der Waals surface area contributed by atoms with Gasteiger partial charge in [-0.05, 0) is 41.8 Å². The predicted octanol–water partition coefficient (Wildman–Crippen LogP) is 3.84. The lowest BCUT2D eigenvalue weighted by atomic mass is 9.91. The van der Waals surface area contributed by atoms with Gasteiger partial charge < -0.3 is 9.47 Å². The Labute approximate surface area is 149 Å². The first-order valence-corrected chi connectivity index (χ1v) is 8.43. The van der Waals surface area contributed by atoms with Crippen LogP contribution in [0.3, 0.4) is 0 Å². The number of hydrogen-bond acceptors (Lipinski definition) is 3. The highest BCUT2D eigenvalue weighted by atomic mass is 16.5. The number of hydrogen-bond donors (Lipinski definition) is 0. The number of fused-ring (bicyclic) bond motifs is 1. The van der Waals surface area contributed by atoms with Gasteiger partial charge in [0.2, 0.25) is 0 Å². The number of benzene rings is 2. The van der Waals surface area contributed by atoms with E-state index in [2.05, 4.69) is 35.5 Å². The molecule has 1 aliphatic rings. The fraction of sp³-hybridized carbons (Fsp3) is 0.273. The predicted molar refractivity (Wildman–Crippen MR) is 101 cm³/mol. The lowest BCUT2D eigenvalue weighted by Crippen LogP contribution is -2.35. The van der Waals surface area contributed by atoms with Crippen molar-refractivity contribution < 1.29 is 9.47 Å². The summed E-state index contributed by atoms with van der Waals surface area (Å²) in [4.78, 5) is 2.34. The van der Waals surface area contributed by atoms with Gasteiger partial charge in [0.25, 0.3) is 0 Å². The molecule has 0 saturated heterocycles. The van der Waals surface area contributed by atoms with Crippen molar-refractivity contribution in [1.82, 2.24) is 4.90 Å². The molecule has 1 unspecified atom stereocenters. The van der Waals surface area contributed by atoms with E-state index in [1.54, 1.807) is 14.2 Å². The van der Waals surface area contributed by atoms with Crippen molar-refractivity contribution in [3.05, 3.63) is 71.8 Å². The van der Waals surface area contributed by atoms with E-state index in [1.165, 1.54) is 11.1 Å². The van der Waals surface area contributed by atoms with Crippen LogP contribution in [0.4, 0.5) is 0 Å². The largest absolute Gasteiger partial charge is 0.493 e. The zero-order valence-electron chi connectivity index (χ0n) is 14.8. The van der Waals surface area contributed by atoms with E-state index in [0.717, 1.165) is 36.6 Å². The number of methoxy groups -OCH3 is 2. The van der Waals surface area contributed by atoms with E-state index in [4.69, 9.17) is 9.47 Å². The van der Waals surface area contributed by atoms with E-state index in [-0.39, 0.29) is 6.04 Å². The SMILES string of the molecule is C=CCN1CCc2cc(OC)c(OC)cc2C1C#Cc1ccccc1. The van der Waals surface area contributed by atoms with Gasteiger partial charge in [0, 0.05) is 18.7 Å². The fourth-order valence-corrected chi connectivity index (χ4v) is 3.20. The molecule has 0 fully saturated rings. The molecule has 2 aromatic rings. The zero-order chi connectivity index (χ0) is 17.6. The maximum absolute atomic E-state index is 5.50. The Bertz CT molecular complexity index is 802. The van der Waals surface area contributed by atoms with Crippen LogP contribution < -0.4 is 9.47 Å². The second-order valence-electron chi connectivity index (χ2n) is 5.98. The van der Waals surface area contributed by atoms with Gasteiger partial charge in [-0.25, -0.2) is 0 Å². The topological polar surface area (TPSA) is 21.7 Å². The molecule has 0 aliphatic carbocycles. The lowest BCUT2D eigenvalue weighted by Gasteiger charge is -2.34. The van der Waals surface area contributed by atoms with Crippen LogP contribution in [-0.2, 0) is 6.42 Å². The summed E-state index contributed by atoms with van der Waals surface area (Å²) < 4.78 is 10.9. The minimum absolute atomic E-state index is 0.0155. The van der Waals surface area contributed by atoms with E-state index >= 15 is 0 Å². The molecular weight excluding hydrogens is 310 g/mol. The summed E-state index contributed by atoms with van der Waals surface area (Å²) in [5.74, 6) is 8.28. The Kier molecular flexibility index (Phi) is 5.42. The second kappa shape index (κ2) is 7.92. The third-order valence-corrected chi connectivity index (χ3v) is 4.46. The fourth-order valence-electron chi connectivity index (χ4n) is 3.20. The summed E-state index contributed by atoms with van der Waals surface area (Å²) in [5, 5.41) is 0. The lowest BCUT2D eigenvalue weighted by molar-refractivity contribution is 0.249. The molecule has 1 aliphatic heterocycles. The minimum atomic E-state index is 0.0155. The van der Waals surface area contributed by atoms with E-state index in [9.17, 15) is 0 Å².